The van der Waals surface area contributed by atoms with E-state index < -0.39 is 0 Å². The number of rotatable bonds is 4. The fourth-order valence-corrected chi connectivity index (χ4v) is 4.42. The van der Waals surface area contributed by atoms with Gasteiger partial charge in [-0.05, 0) is 49.6 Å². The molecule has 1 aromatic heterocycles. The van der Waals surface area contributed by atoms with Gasteiger partial charge in [-0.25, -0.2) is 4.98 Å². The number of carbonyl (C=O) groups is 2. The minimum atomic E-state index is -0.180. The third-order valence-electron chi connectivity index (χ3n) is 5.28. The van der Waals surface area contributed by atoms with Crippen molar-refractivity contribution in [2.75, 3.05) is 18.4 Å². The number of amides is 2. The first-order valence-electron chi connectivity index (χ1n) is 9.77. The number of thiazole rings is 1. The van der Waals surface area contributed by atoms with E-state index in [1.165, 1.54) is 0 Å². The minimum Gasteiger partial charge on any atom is -0.338 e. The smallest absolute Gasteiger partial charge is 0.255 e. The lowest BCUT2D eigenvalue weighted by molar-refractivity contribution is 0.0707. The van der Waals surface area contributed by atoms with E-state index in [-0.39, 0.29) is 11.8 Å². The maximum absolute atomic E-state index is 13.1. The van der Waals surface area contributed by atoms with Gasteiger partial charge in [-0.15, -0.1) is 11.3 Å². The second kappa shape index (κ2) is 8.57. The van der Waals surface area contributed by atoms with Crippen LogP contribution in [0.3, 0.4) is 0 Å². The highest BCUT2D eigenvalue weighted by Crippen LogP contribution is 2.29. The molecule has 0 bridgehead atoms. The first-order chi connectivity index (χ1) is 14.1. The number of nitrogens with one attached hydrogen (secondary N) is 1. The lowest BCUT2D eigenvalue weighted by atomic mass is 9.97. The molecule has 0 spiro atoms. The summed E-state index contributed by atoms with van der Waals surface area (Å²) in [5, 5.41) is 6.02. The van der Waals surface area contributed by atoms with Crippen molar-refractivity contribution in [3.8, 4) is 0 Å². The Balaban J connectivity index is 1.50. The number of nitrogens with zero attached hydrogens (tertiary/aromatic N) is 2. The van der Waals surface area contributed by atoms with Gasteiger partial charge in [0.15, 0.2) is 0 Å². The summed E-state index contributed by atoms with van der Waals surface area (Å²) < 4.78 is 0. The molecule has 1 atom stereocenters. The monoisotopic (exact) mass is 405 g/mol. The highest BCUT2D eigenvalue weighted by molar-refractivity contribution is 7.09. The van der Waals surface area contributed by atoms with Gasteiger partial charge in [-0.2, -0.15) is 0 Å². The first-order valence-corrected chi connectivity index (χ1v) is 10.7. The molecule has 1 saturated heterocycles. The Hall–Kier alpha value is -2.99. The van der Waals surface area contributed by atoms with Gasteiger partial charge < -0.3 is 10.2 Å². The summed E-state index contributed by atoms with van der Waals surface area (Å²) in [6.45, 7) is 3.36. The van der Waals surface area contributed by atoms with Crippen LogP contribution in [0.2, 0.25) is 0 Å². The predicted octanol–water partition coefficient (Wildman–Crippen LogP) is 4.72. The molecule has 2 heterocycles. The van der Waals surface area contributed by atoms with Gasteiger partial charge in [0.2, 0.25) is 0 Å². The largest absolute Gasteiger partial charge is 0.338 e. The number of likely N-dealkylation sites (tertiary alicyclic amines) is 1. The van der Waals surface area contributed by atoms with Crippen LogP contribution in [-0.4, -0.2) is 34.8 Å². The standard InChI is InChI=1S/C23H23N3O2S/c1-16-9-10-18(14-20(16)25-21(27)17-6-3-2-4-7-17)23(28)26-12-5-8-19(15-26)22-24-11-13-29-22/h2-4,6-7,9-11,13-14,19H,5,8,12,15H2,1H3,(H,25,27). The second-order valence-electron chi connectivity index (χ2n) is 7.31. The van der Waals surface area contributed by atoms with Gasteiger partial charge in [-0.1, -0.05) is 24.3 Å². The molecule has 4 rings (SSSR count). The van der Waals surface area contributed by atoms with Crippen molar-refractivity contribution >= 4 is 28.8 Å². The maximum Gasteiger partial charge on any atom is 0.255 e. The van der Waals surface area contributed by atoms with Gasteiger partial charge in [-0.3, -0.25) is 9.59 Å². The van der Waals surface area contributed by atoms with Crippen molar-refractivity contribution in [3.63, 3.8) is 0 Å². The van der Waals surface area contributed by atoms with Crippen LogP contribution in [0.1, 0.15) is 50.0 Å². The molecule has 0 aliphatic carbocycles. The number of aryl methyl sites for hydroxylation is 1. The van der Waals surface area contributed by atoms with E-state index in [1.807, 2.05) is 53.7 Å². The van der Waals surface area contributed by atoms with E-state index in [0.717, 1.165) is 30.0 Å². The lowest BCUT2D eigenvalue weighted by Gasteiger charge is -2.32. The Morgan fingerprint density at radius 1 is 1.14 bits per heavy atom. The molecular weight excluding hydrogens is 382 g/mol. The number of carbonyl (C=O) groups excluding carboxylic acids is 2. The van der Waals surface area contributed by atoms with Gasteiger partial charge in [0.25, 0.3) is 11.8 Å². The summed E-state index contributed by atoms with van der Waals surface area (Å²) in [4.78, 5) is 32.0. The van der Waals surface area contributed by atoms with E-state index in [4.69, 9.17) is 0 Å². The molecule has 148 valence electrons. The molecule has 2 amide bonds. The number of benzene rings is 2. The van der Waals surface area contributed by atoms with Gasteiger partial charge in [0.1, 0.15) is 0 Å². The van der Waals surface area contributed by atoms with Crippen LogP contribution in [0.5, 0.6) is 0 Å². The molecule has 5 nitrogen and oxygen atoms in total. The first kappa shape index (κ1) is 19.3. The van der Waals surface area contributed by atoms with Crippen molar-refractivity contribution in [1.29, 1.82) is 0 Å². The molecule has 2 aromatic carbocycles. The van der Waals surface area contributed by atoms with Crippen molar-refractivity contribution < 1.29 is 9.59 Å². The molecule has 3 aromatic rings. The molecule has 1 fully saturated rings. The molecule has 1 N–H and O–H groups in total. The highest BCUT2D eigenvalue weighted by atomic mass is 32.1. The SMILES string of the molecule is Cc1ccc(C(=O)N2CCCC(c3nccs3)C2)cc1NC(=O)c1ccccc1. The third-order valence-corrected chi connectivity index (χ3v) is 6.22. The molecule has 0 radical (unpaired) electrons. The highest BCUT2D eigenvalue weighted by Gasteiger charge is 2.27. The zero-order valence-corrected chi connectivity index (χ0v) is 17.1. The van der Waals surface area contributed by atoms with E-state index in [9.17, 15) is 9.59 Å². The van der Waals surface area contributed by atoms with Crippen molar-refractivity contribution in [2.24, 2.45) is 0 Å². The van der Waals surface area contributed by atoms with Crippen LogP contribution in [0.25, 0.3) is 0 Å². The van der Waals surface area contributed by atoms with E-state index >= 15 is 0 Å². The Bertz CT molecular complexity index is 1000. The number of aromatic nitrogens is 1. The molecule has 1 aliphatic rings. The van der Waals surface area contributed by atoms with Crippen LogP contribution in [0, 0.1) is 6.92 Å². The average Bonchev–Trinajstić information content (AvgIpc) is 3.30. The van der Waals surface area contributed by atoms with Gasteiger partial charge >= 0.3 is 0 Å². The summed E-state index contributed by atoms with van der Waals surface area (Å²) in [7, 11) is 0. The van der Waals surface area contributed by atoms with Crippen molar-refractivity contribution in [2.45, 2.75) is 25.7 Å². The Morgan fingerprint density at radius 3 is 2.72 bits per heavy atom. The zero-order valence-electron chi connectivity index (χ0n) is 16.3. The van der Waals surface area contributed by atoms with E-state index in [1.54, 1.807) is 29.5 Å². The maximum atomic E-state index is 13.1. The van der Waals surface area contributed by atoms with Gasteiger partial charge in [0, 0.05) is 47.4 Å². The summed E-state index contributed by atoms with van der Waals surface area (Å²) in [5.41, 5.74) is 2.77. The van der Waals surface area contributed by atoms with E-state index in [0.29, 0.717) is 29.3 Å². The summed E-state index contributed by atoms with van der Waals surface area (Å²) in [6.07, 6.45) is 3.85. The number of piperidine rings is 1. The summed E-state index contributed by atoms with van der Waals surface area (Å²) in [6, 6.07) is 14.6. The molecule has 29 heavy (non-hydrogen) atoms. The predicted molar refractivity (Wildman–Crippen MR) is 116 cm³/mol. The Morgan fingerprint density at radius 2 is 1.97 bits per heavy atom. The number of hydrogen-bond acceptors (Lipinski definition) is 4. The third kappa shape index (κ3) is 4.38. The van der Waals surface area contributed by atoms with Gasteiger partial charge in [0.05, 0.1) is 5.01 Å². The van der Waals surface area contributed by atoms with Crippen LogP contribution >= 0.6 is 11.3 Å². The number of anilines is 1. The quantitative estimate of drug-likeness (QED) is 0.683. The normalized spacial score (nSPS) is 16.4. The van der Waals surface area contributed by atoms with Crippen molar-refractivity contribution in [3.05, 3.63) is 81.8 Å². The van der Waals surface area contributed by atoms with Crippen LogP contribution in [0.15, 0.2) is 60.1 Å². The zero-order chi connectivity index (χ0) is 20.2. The fourth-order valence-electron chi connectivity index (χ4n) is 3.66. The van der Waals surface area contributed by atoms with Crippen molar-refractivity contribution in [1.82, 2.24) is 9.88 Å². The number of hydrogen-bond donors (Lipinski definition) is 1. The minimum absolute atomic E-state index is 0.00136. The lowest BCUT2D eigenvalue weighted by Crippen LogP contribution is -2.39. The topological polar surface area (TPSA) is 62.3 Å². The Labute approximate surface area is 174 Å². The molecule has 1 unspecified atom stereocenters. The fraction of sp³-hybridized carbons (Fsp3) is 0.261. The van der Waals surface area contributed by atoms with E-state index in [2.05, 4.69) is 10.3 Å². The molecular formula is C23H23N3O2S. The van der Waals surface area contributed by atoms with Crippen LogP contribution in [0.4, 0.5) is 5.69 Å². The average molecular weight is 406 g/mol. The molecule has 1 aliphatic heterocycles. The summed E-state index contributed by atoms with van der Waals surface area (Å²) in [5.74, 6) is 0.122. The van der Waals surface area contributed by atoms with Crippen LogP contribution in [-0.2, 0) is 0 Å². The van der Waals surface area contributed by atoms with Crippen LogP contribution < -0.4 is 5.32 Å². The second-order valence-corrected chi connectivity index (χ2v) is 8.24. The molecule has 0 saturated carbocycles. The Kier molecular flexibility index (Phi) is 5.71. The summed E-state index contributed by atoms with van der Waals surface area (Å²) >= 11 is 1.65. The molecule has 6 heteroatoms.